The van der Waals surface area contributed by atoms with Crippen LogP contribution in [0, 0.1) is 6.92 Å². The molecule has 1 aromatic carbocycles. The first-order valence-corrected chi connectivity index (χ1v) is 9.42. The molecule has 128 valence electrons. The van der Waals surface area contributed by atoms with Gasteiger partial charge >= 0.3 is 0 Å². The Kier molecular flexibility index (Phi) is 5.99. The number of amides is 1. The summed E-state index contributed by atoms with van der Waals surface area (Å²) in [5.41, 5.74) is 2.22. The maximum absolute atomic E-state index is 12.4. The van der Waals surface area contributed by atoms with Gasteiger partial charge in [-0.05, 0) is 25.3 Å². The number of carbonyl (C=O) groups is 1. The molecule has 1 aliphatic rings. The Morgan fingerprint density at radius 2 is 2.21 bits per heavy atom. The molecular formula is C19H24N2O2S. The van der Waals surface area contributed by atoms with Crippen molar-refractivity contribution in [2.24, 2.45) is 0 Å². The highest BCUT2D eigenvalue weighted by atomic mass is 32.1. The topological polar surface area (TPSA) is 42.4 Å². The summed E-state index contributed by atoms with van der Waals surface area (Å²) in [6, 6.07) is 10.1. The van der Waals surface area contributed by atoms with E-state index in [1.165, 1.54) is 5.01 Å². The number of piperidine rings is 1. The van der Waals surface area contributed by atoms with Crippen LogP contribution in [0.25, 0.3) is 0 Å². The molecule has 24 heavy (non-hydrogen) atoms. The molecule has 0 N–H and O–H groups in total. The van der Waals surface area contributed by atoms with Gasteiger partial charge < -0.3 is 9.64 Å². The van der Waals surface area contributed by atoms with Gasteiger partial charge in [0.05, 0.1) is 24.6 Å². The van der Waals surface area contributed by atoms with Crippen molar-refractivity contribution in [2.45, 2.75) is 38.7 Å². The molecule has 4 nitrogen and oxygen atoms in total. The summed E-state index contributed by atoms with van der Waals surface area (Å²) in [5.74, 6) is 0.590. The third-order valence-electron chi connectivity index (χ3n) is 4.33. The summed E-state index contributed by atoms with van der Waals surface area (Å²) in [6.07, 6.45) is 2.64. The summed E-state index contributed by atoms with van der Waals surface area (Å²) in [5, 5.41) is 3.26. The highest BCUT2D eigenvalue weighted by molar-refractivity contribution is 7.09. The first-order chi connectivity index (χ1) is 11.7. The Bertz CT molecular complexity index is 656. The third-order valence-corrected chi connectivity index (χ3v) is 5.46. The van der Waals surface area contributed by atoms with Crippen LogP contribution in [-0.2, 0) is 16.1 Å². The highest BCUT2D eigenvalue weighted by Crippen LogP contribution is 2.29. The molecule has 1 amide bonds. The van der Waals surface area contributed by atoms with Crippen molar-refractivity contribution in [1.29, 1.82) is 0 Å². The minimum Gasteiger partial charge on any atom is -0.376 e. The first kappa shape index (κ1) is 17.1. The molecule has 0 saturated carbocycles. The summed E-state index contributed by atoms with van der Waals surface area (Å²) in [6.45, 7) is 4.72. The van der Waals surface area contributed by atoms with Gasteiger partial charge in [-0.1, -0.05) is 30.3 Å². The predicted molar refractivity (Wildman–Crippen MR) is 96.1 cm³/mol. The summed E-state index contributed by atoms with van der Waals surface area (Å²) in [4.78, 5) is 19.0. The fourth-order valence-corrected chi connectivity index (χ4v) is 3.97. The zero-order valence-corrected chi connectivity index (χ0v) is 14.9. The van der Waals surface area contributed by atoms with Crippen LogP contribution in [0.15, 0.2) is 35.7 Å². The van der Waals surface area contributed by atoms with Gasteiger partial charge in [0.2, 0.25) is 5.91 Å². The molecular weight excluding hydrogens is 320 g/mol. The van der Waals surface area contributed by atoms with E-state index < -0.39 is 0 Å². The van der Waals surface area contributed by atoms with E-state index in [1.807, 2.05) is 42.2 Å². The maximum Gasteiger partial charge on any atom is 0.224 e. The quantitative estimate of drug-likeness (QED) is 0.749. The van der Waals surface area contributed by atoms with Gasteiger partial charge in [-0.2, -0.15) is 0 Å². The largest absolute Gasteiger partial charge is 0.376 e. The van der Waals surface area contributed by atoms with E-state index in [9.17, 15) is 4.79 Å². The smallest absolute Gasteiger partial charge is 0.224 e. The summed E-state index contributed by atoms with van der Waals surface area (Å²) >= 11 is 1.72. The van der Waals surface area contributed by atoms with E-state index >= 15 is 0 Å². The lowest BCUT2D eigenvalue weighted by molar-refractivity contribution is -0.133. The Hall–Kier alpha value is -1.72. The molecule has 1 saturated heterocycles. The molecule has 0 spiro atoms. The average Bonchev–Trinajstić information content (AvgIpc) is 3.06. The number of hydrogen-bond donors (Lipinski definition) is 0. The first-order valence-electron chi connectivity index (χ1n) is 8.54. The van der Waals surface area contributed by atoms with Crippen LogP contribution in [0.5, 0.6) is 0 Å². The van der Waals surface area contributed by atoms with Crippen molar-refractivity contribution in [1.82, 2.24) is 9.88 Å². The van der Waals surface area contributed by atoms with Crippen LogP contribution in [0.1, 0.15) is 41.4 Å². The van der Waals surface area contributed by atoms with Gasteiger partial charge in [-0.3, -0.25) is 4.79 Å². The van der Waals surface area contributed by atoms with Gasteiger partial charge in [-0.15, -0.1) is 11.3 Å². The fraction of sp³-hybridized carbons (Fsp3) is 0.474. The van der Waals surface area contributed by atoms with Crippen LogP contribution in [0.2, 0.25) is 0 Å². The number of nitrogens with zero attached hydrogens (tertiary/aromatic N) is 2. The van der Waals surface area contributed by atoms with Gasteiger partial charge in [0.25, 0.3) is 0 Å². The van der Waals surface area contributed by atoms with E-state index in [1.54, 1.807) is 11.3 Å². The second-order valence-corrected chi connectivity index (χ2v) is 7.18. The number of thiazole rings is 1. The summed E-state index contributed by atoms with van der Waals surface area (Å²) < 4.78 is 5.64. The van der Waals surface area contributed by atoms with E-state index in [2.05, 4.69) is 10.4 Å². The Morgan fingerprint density at radius 1 is 1.38 bits per heavy atom. The molecule has 2 aromatic rings. The van der Waals surface area contributed by atoms with Crippen molar-refractivity contribution >= 4 is 17.2 Å². The second-order valence-electron chi connectivity index (χ2n) is 6.29. The molecule has 0 bridgehead atoms. The predicted octanol–water partition coefficient (Wildman–Crippen LogP) is 3.76. The van der Waals surface area contributed by atoms with Crippen LogP contribution in [0.3, 0.4) is 0 Å². The van der Waals surface area contributed by atoms with E-state index in [0.717, 1.165) is 37.2 Å². The minimum absolute atomic E-state index is 0.195. The van der Waals surface area contributed by atoms with Crippen molar-refractivity contribution < 1.29 is 9.53 Å². The number of carbonyl (C=O) groups excluding carboxylic acids is 1. The second kappa shape index (κ2) is 8.40. The van der Waals surface area contributed by atoms with Crippen molar-refractivity contribution in [3.05, 3.63) is 52.0 Å². The lowest BCUT2D eigenvalue weighted by Crippen LogP contribution is -2.39. The highest BCUT2D eigenvalue weighted by Gasteiger charge is 2.26. The zero-order chi connectivity index (χ0) is 16.8. The fourth-order valence-electron chi connectivity index (χ4n) is 3.05. The van der Waals surface area contributed by atoms with Crippen LogP contribution >= 0.6 is 11.3 Å². The number of aromatic nitrogens is 1. The molecule has 1 atom stereocenters. The molecule has 2 heterocycles. The Balaban J connectivity index is 1.43. The maximum atomic E-state index is 12.4. The number of likely N-dealkylation sites (tertiary alicyclic amines) is 1. The monoisotopic (exact) mass is 344 g/mol. The van der Waals surface area contributed by atoms with Gasteiger partial charge in [0, 0.05) is 30.1 Å². The molecule has 0 aliphatic carbocycles. The number of benzene rings is 1. The summed E-state index contributed by atoms with van der Waals surface area (Å²) in [7, 11) is 0. The van der Waals surface area contributed by atoms with Crippen molar-refractivity contribution in [3.8, 4) is 0 Å². The molecule has 1 unspecified atom stereocenters. The van der Waals surface area contributed by atoms with E-state index in [0.29, 0.717) is 25.6 Å². The van der Waals surface area contributed by atoms with E-state index in [4.69, 9.17) is 4.74 Å². The van der Waals surface area contributed by atoms with Crippen LogP contribution < -0.4 is 0 Å². The normalized spacial score (nSPS) is 17.9. The van der Waals surface area contributed by atoms with E-state index in [-0.39, 0.29) is 5.91 Å². The lowest BCUT2D eigenvalue weighted by atomic mass is 9.98. The number of aryl methyl sites for hydroxylation is 1. The minimum atomic E-state index is 0.195. The van der Waals surface area contributed by atoms with Crippen LogP contribution in [-0.4, -0.2) is 35.5 Å². The van der Waals surface area contributed by atoms with Crippen molar-refractivity contribution in [3.63, 3.8) is 0 Å². The number of hydrogen-bond acceptors (Lipinski definition) is 4. The standard InChI is InChI=1S/C19H24N2O2S/c1-15-14-24-19(20-15)17-8-5-10-21(12-17)18(22)9-11-23-13-16-6-3-2-4-7-16/h2-4,6-7,14,17H,5,8-13H2,1H3. The number of rotatable bonds is 6. The Morgan fingerprint density at radius 3 is 2.96 bits per heavy atom. The van der Waals surface area contributed by atoms with Crippen LogP contribution in [0.4, 0.5) is 0 Å². The third kappa shape index (κ3) is 4.65. The van der Waals surface area contributed by atoms with Gasteiger partial charge in [-0.25, -0.2) is 4.98 Å². The van der Waals surface area contributed by atoms with Gasteiger partial charge in [0.1, 0.15) is 0 Å². The number of ether oxygens (including phenoxy) is 1. The molecule has 3 rings (SSSR count). The average molecular weight is 344 g/mol. The lowest BCUT2D eigenvalue weighted by Gasteiger charge is -2.32. The SMILES string of the molecule is Cc1csc(C2CCCN(C(=O)CCOCc3ccccc3)C2)n1. The molecule has 1 aliphatic heterocycles. The molecule has 1 aromatic heterocycles. The molecule has 1 fully saturated rings. The van der Waals surface area contributed by atoms with Gasteiger partial charge in [0.15, 0.2) is 0 Å². The molecule has 5 heteroatoms. The van der Waals surface area contributed by atoms with Crippen molar-refractivity contribution in [2.75, 3.05) is 19.7 Å². The Labute approximate surface area is 147 Å². The zero-order valence-electron chi connectivity index (χ0n) is 14.1. The molecule has 0 radical (unpaired) electrons.